The summed E-state index contributed by atoms with van der Waals surface area (Å²) in [6.45, 7) is 6.24. The predicted octanol–water partition coefficient (Wildman–Crippen LogP) is 3.80. The highest BCUT2D eigenvalue weighted by Gasteiger charge is 2.19. The summed E-state index contributed by atoms with van der Waals surface area (Å²) in [5, 5.41) is 15.7. The first kappa shape index (κ1) is 17.7. The van der Waals surface area contributed by atoms with Crippen LogP contribution in [0.25, 0.3) is 11.3 Å². The van der Waals surface area contributed by atoms with Gasteiger partial charge in [0.1, 0.15) is 5.69 Å². The summed E-state index contributed by atoms with van der Waals surface area (Å²) < 4.78 is 1.99. The fraction of sp³-hybridized carbons (Fsp3) is 0.364. The molecule has 2 unspecified atom stereocenters. The van der Waals surface area contributed by atoms with E-state index in [-0.39, 0.29) is 0 Å². The summed E-state index contributed by atoms with van der Waals surface area (Å²) in [7, 11) is 0. The zero-order chi connectivity index (χ0) is 18.5. The van der Waals surface area contributed by atoms with Crippen molar-refractivity contribution < 1.29 is 0 Å². The highest BCUT2D eigenvalue weighted by Crippen LogP contribution is 2.22. The molecule has 1 saturated heterocycles. The Morgan fingerprint density at radius 3 is 2.85 bits per heavy atom. The topological polar surface area (TPSA) is 54.8 Å². The molecule has 1 fully saturated rings. The van der Waals surface area contributed by atoms with Crippen molar-refractivity contribution in [2.24, 2.45) is 11.8 Å². The van der Waals surface area contributed by atoms with Gasteiger partial charge >= 0.3 is 0 Å². The van der Waals surface area contributed by atoms with E-state index in [1.54, 1.807) is 0 Å². The van der Waals surface area contributed by atoms with Crippen molar-refractivity contribution in [2.45, 2.75) is 26.4 Å². The van der Waals surface area contributed by atoms with Gasteiger partial charge in [-0.1, -0.05) is 54.6 Å². The van der Waals surface area contributed by atoms with Gasteiger partial charge in [-0.3, -0.25) is 4.68 Å². The summed E-state index contributed by atoms with van der Waals surface area (Å²) in [6, 6.07) is 18.8. The fourth-order valence-corrected chi connectivity index (χ4v) is 3.78. The van der Waals surface area contributed by atoms with Crippen molar-refractivity contribution in [1.82, 2.24) is 20.3 Å². The standard InChI is InChI=1S/C22H27N5/c1-17-10-19(13-23-12-17)15-27-16-22(25-26-27)20-8-5-9-21(11-20)24-14-18-6-3-2-4-7-18/h2-9,11,16-17,19,23-24H,10,12-15H2,1H3. The van der Waals surface area contributed by atoms with Crippen LogP contribution in [0, 0.1) is 11.8 Å². The maximum Gasteiger partial charge on any atom is 0.113 e. The highest BCUT2D eigenvalue weighted by atomic mass is 15.4. The molecule has 5 nitrogen and oxygen atoms in total. The van der Waals surface area contributed by atoms with Crippen LogP contribution in [-0.2, 0) is 13.1 Å². The molecule has 0 amide bonds. The van der Waals surface area contributed by atoms with E-state index in [0.717, 1.165) is 49.0 Å². The molecule has 4 rings (SSSR count). The quantitative estimate of drug-likeness (QED) is 0.701. The molecule has 0 radical (unpaired) electrons. The highest BCUT2D eigenvalue weighted by molar-refractivity contribution is 5.64. The molecule has 2 aromatic carbocycles. The Balaban J connectivity index is 1.40. The number of nitrogens with one attached hydrogen (secondary N) is 2. The Labute approximate surface area is 160 Å². The van der Waals surface area contributed by atoms with Gasteiger partial charge < -0.3 is 10.6 Å². The van der Waals surface area contributed by atoms with Crippen LogP contribution in [-0.4, -0.2) is 28.1 Å². The van der Waals surface area contributed by atoms with Crippen LogP contribution in [0.1, 0.15) is 18.9 Å². The van der Waals surface area contributed by atoms with Gasteiger partial charge in [0.25, 0.3) is 0 Å². The first-order valence-corrected chi connectivity index (χ1v) is 9.75. The third-order valence-electron chi connectivity index (χ3n) is 5.14. The lowest BCUT2D eigenvalue weighted by Crippen LogP contribution is -2.37. The lowest BCUT2D eigenvalue weighted by atomic mass is 9.92. The van der Waals surface area contributed by atoms with Crippen molar-refractivity contribution in [3.8, 4) is 11.3 Å². The molecule has 5 heteroatoms. The molecule has 1 aliphatic rings. The van der Waals surface area contributed by atoms with Crippen molar-refractivity contribution >= 4 is 5.69 Å². The molecule has 1 aromatic heterocycles. The average Bonchev–Trinajstić information content (AvgIpc) is 3.16. The van der Waals surface area contributed by atoms with Crippen LogP contribution in [0.4, 0.5) is 5.69 Å². The normalized spacial score (nSPS) is 19.7. The molecule has 2 atom stereocenters. The maximum atomic E-state index is 4.40. The minimum absolute atomic E-state index is 0.627. The minimum atomic E-state index is 0.627. The van der Waals surface area contributed by atoms with Crippen molar-refractivity contribution in [3.63, 3.8) is 0 Å². The molecule has 0 spiro atoms. The Kier molecular flexibility index (Phi) is 5.49. The van der Waals surface area contributed by atoms with Crippen LogP contribution in [0.2, 0.25) is 0 Å². The zero-order valence-electron chi connectivity index (χ0n) is 15.8. The number of piperidine rings is 1. The first-order valence-electron chi connectivity index (χ1n) is 9.75. The molecule has 2 heterocycles. The lowest BCUT2D eigenvalue weighted by molar-refractivity contribution is 0.266. The summed E-state index contributed by atoms with van der Waals surface area (Å²) in [5.41, 5.74) is 4.38. The van der Waals surface area contributed by atoms with Gasteiger partial charge in [0.2, 0.25) is 0 Å². The maximum absolute atomic E-state index is 4.40. The van der Waals surface area contributed by atoms with E-state index in [0.29, 0.717) is 5.92 Å². The van der Waals surface area contributed by atoms with E-state index in [1.807, 2.05) is 10.7 Å². The van der Waals surface area contributed by atoms with Gasteiger partial charge in [0.05, 0.1) is 6.20 Å². The molecule has 2 N–H and O–H groups in total. The van der Waals surface area contributed by atoms with E-state index in [2.05, 4.69) is 82.6 Å². The largest absolute Gasteiger partial charge is 0.381 e. The Morgan fingerprint density at radius 2 is 2.00 bits per heavy atom. The molecule has 0 bridgehead atoms. The lowest BCUT2D eigenvalue weighted by Gasteiger charge is -2.27. The molecule has 0 saturated carbocycles. The zero-order valence-corrected chi connectivity index (χ0v) is 15.8. The minimum Gasteiger partial charge on any atom is -0.381 e. The monoisotopic (exact) mass is 361 g/mol. The number of benzene rings is 2. The van der Waals surface area contributed by atoms with Gasteiger partial charge in [-0.05, 0) is 49.0 Å². The molecule has 140 valence electrons. The van der Waals surface area contributed by atoms with Crippen LogP contribution >= 0.6 is 0 Å². The molecular formula is C22H27N5. The number of hydrogen-bond donors (Lipinski definition) is 2. The summed E-state index contributed by atoms with van der Waals surface area (Å²) in [5.74, 6) is 1.36. The Bertz CT molecular complexity index is 858. The van der Waals surface area contributed by atoms with Crippen LogP contribution in [0.5, 0.6) is 0 Å². The summed E-state index contributed by atoms with van der Waals surface area (Å²) in [6.07, 6.45) is 3.32. The SMILES string of the molecule is CC1CNCC(Cn2cc(-c3cccc(NCc4ccccc4)c3)nn2)C1. The smallest absolute Gasteiger partial charge is 0.113 e. The van der Waals surface area contributed by atoms with E-state index in [9.17, 15) is 0 Å². The number of nitrogens with zero attached hydrogens (tertiary/aromatic N) is 3. The number of hydrogen-bond acceptors (Lipinski definition) is 4. The van der Waals surface area contributed by atoms with Gasteiger partial charge in [-0.25, -0.2) is 0 Å². The van der Waals surface area contributed by atoms with Crippen LogP contribution < -0.4 is 10.6 Å². The number of rotatable bonds is 6. The van der Waals surface area contributed by atoms with Gasteiger partial charge in [-0.15, -0.1) is 5.10 Å². The van der Waals surface area contributed by atoms with Gasteiger partial charge in [0, 0.05) is 24.3 Å². The molecule has 1 aliphatic heterocycles. The summed E-state index contributed by atoms with van der Waals surface area (Å²) >= 11 is 0. The first-order chi connectivity index (χ1) is 13.3. The second-order valence-electron chi connectivity index (χ2n) is 7.61. The van der Waals surface area contributed by atoms with Crippen molar-refractivity contribution in [3.05, 3.63) is 66.4 Å². The molecule has 0 aliphatic carbocycles. The molecule has 3 aromatic rings. The predicted molar refractivity (Wildman–Crippen MR) is 109 cm³/mol. The van der Waals surface area contributed by atoms with E-state index < -0.39 is 0 Å². The number of aromatic nitrogens is 3. The third-order valence-corrected chi connectivity index (χ3v) is 5.14. The number of anilines is 1. The second kappa shape index (κ2) is 8.35. The van der Waals surface area contributed by atoms with E-state index in [1.165, 1.54) is 12.0 Å². The Morgan fingerprint density at radius 1 is 1.11 bits per heavy atom. The van der Waals surface area contributed by atoms with Gasteiger partial charge in [-0.2, -0.15) is 0 Å². The van der Waals surface area contributed by atoms with Crippen molar-refractivity contribution in [2.75, 3.05) is 18.4 Å². The van der Waals surface area contributed by atoms with E-state index in [4.69, 9.17) is 0 Å². The van der Waals surface area contributed by atoms with Crippen LogP contribution in [0.15, 0.2) is 60.8 Å². The Hall–Kier alpha value is -2.66. The summed E-state index contributed by atoms with van der Waals surface area (Å²) in [4.78, 5) is 0. The second-order valence-corrected chi connectivity index (χ2v) is 7.61. The van der Waals surface area contributed by atoms with Crippen molar-refractivity contribution in [1.29, 1.82) is 0 Å². The molecular weight excluding hydrogens is 334 g/mol. The average molecular weight is 361 g/mol. The van der Waals surface area contributed by atoms with Crippen LogP contribution in [0.3, 0.4) is 0 Å². The van der Waals surface area contributed by atoms with Gasteiger partial charge in [0.15, 0.2) is 0 Å². The van der Waals surface area contributed by atoms with E-state index >= 15 is 0 Å². The fourth-order valence-electron chi connectivity index (χ4n) is 3.78. The third kappa shape index (κ3) is 4.74. The molecule has 27 heavy (non-hydrogen) atoms.